The Hall–Kier alpha value is -2.64. The van der Waals surface area contributed by atoms with Crippen LogP contribution in [0.2, 0.25) is 0 Å². The number of halogens is 3. The molecule has 0 spiro atoms. The van der Waals surface area contributed by atoms with Gasteiger partial charge in [-0.25, -0.2) is 14.8 Å². The van der Waals surface area contributed by atoms with E-state index in [1.165, 1.54) is 4.90 Å². The maximum absolute atomic E-state index is 13.0. The summed E-state index contributed by atoms with van der Waals surface area (Å²) in [4.78, 5) is 20.3. The summed E-state index contributed by atoms with van der Waals surface area (Å²) in [7, 11) is 0. The van der Waals surface area contributed by atoms with E-state index in [0.29, 0.717) is 11.3 Å². The molecular formula is C16H16F3N3O2. The van der Waals surface area contributed by atoms with E-state index in [1.54, 1.807) is 26.8 Å². The van der Waals surface area contributed by atoms with Gasteiger partial charge in [0.2, 0.25) is 5.95 Å². The van der Waals surface area contributed by atoms with Gasteiger partial charge in [-0.3, -0.25) is 0 Å². The van der Waals surface area contributed by atoms with Gasteiger partial charge in [0.15, 0.2) is 0 Å². The van der Waals surface area contributed by atoms with E-state index in [9.17, 15) is 18.0 Å². The lowest BCUT2D eigenvalue weighted by molar-refractivity contribution is -0.137. The zero-order valence-corrected chi connectivity index (χ0v) is 13.3. The molecule has 5 nitrogen and oxygen atoms in total. The fourth-order valence-corrected chi connectivity index (χ4v) is 2.27. The lowest BCUT2D eigenvalue weighted by Gasteiger charge is -2.27. The summed E-state index contributed by atoms with van der Waals surface area (Å²) < 4.78 is 39.1. The van der Waals surface area contributed by atoms with E-state index in [-0.39, 0.29) is 17.6 Å². The molecular weight excluding hydrogens is 323 g/mol. The predicted octanol–water partition coefficient (Wildman–Crippen LogP) is 4.05. The summed E-state index contributed by atoms with van der Waals surface area (Å²) in [6, 6.07) is 3.46. The van der Waals surface area contributed by atoms with Gasteiger partial charge in [0.1, 0.15) is 0 Å². The molecule has 0 bridgehead atoms. The number of aryl methyl sites for hydroxylation is 1. The number of carboxylic acids is 1. The average Bonchev–Trinajstić information content (AvgIpc) is 2.46. The first-order chi connectivity index (χ1) is 11.1. The van der Waals surface area contributed by atoms with Crippen molar-refractivity contribution in [1.29, 1.82) is 0 Å². The summed E-state index contributed by atoms with van der Waals surface area (Å²) >= 11 is 0. The molecule has 1 heterocycles. The van der Waals surface area contributed by atoms with Gasteiger partial charge in [-0.05, 0) is 44.5 Å². The second-order valence-electron chi connectivity index (χ2n) is 5.60. The first-order valence-corrected chi connectivity index (χ1v) is 7.13. The molecule has 0 amide bonds. The molecule has 0 saturated heterocycles. The van der Waals surface area contributed by atoms with Crippen molar-refractivity contribution >= 4 is 17.6 Å². The van der Waals surface area contributed by atoms with E-state index in [2.05, 4.69) is 9.97 Å². The second-order valence-corrected chi connectivity index (χ2v) is 5.60. The van der Waals surface area contributed by atoms with Crippen molar-refractivity contribution in [3.8, 4) is 0 Å². The van der Waals surface area contributed by atoms with E-state index in [4.69, 9.17) is 5.11 Å². The van der Waals surface area contributed by atoms with Gasteiger partial charge in [0, 0.05) is 24.1 Å². The topological polar surface area (TPSA) is 66.3 Å². The highest BCUT2D eigenvalue weighted by molar-refractivity contribution is 5.86. The minimum absolute atomic E-state index is 0.0947. The molecule has 1 aromatic carbocycles. The molecule has 0 aliphatic rings. The average molecular weight is 339 g/mol. The van der Waals surface area contributed by atoms with Crippen LogP contribution in [0.25, 0.3) is 0 Å². The van der Waals surface area contributed by atoms with Gasteiger partial charge in [-0.15, -0.1) is 0 Å². The van der Waals surface area contributed by atoms with Gasteiger partial charge >= 0.3 is 12.1 Å². The number of carboxylic acid groups (broad SMARTS) is 1. The number of aromatic carboxylic acids is 1. The molecule has 0 saturated carbocycles. The first kappa shape index (κ1) is 17.7. The predicted molar refractivity (Wildman–Crippen MR) is 82.4 cm³/mol. The second kappa shape index (κ2) is 6.46. The molecule has 128 valence electrons. The number of carbonyl (C=O) groups is 1. The fourth-order valence-electron chi connectivity index (χ4n) is 2.27. The monoisotopic (exact) mass is 339 g/mol. The lowest BCUT2D eigenvalue weighted by Crippen LogP contribution is -2.28. The van der Waals surface area contributed by atoms with Crippen LogP contribution in [-0.2, 0) is 6.18 Å². The molecule has 1 aromatic heterocycles. The van der Waals surface area contributed by atoms with Crippen LogP contribution in [0.1, 0.15) is 35.3 Å². The molecule has 0 fully saturated rings. The third kappa shape index (κ3) is 3.81. The third-order valence-electron chi connectivity index (χ3n) is 3.28. The molecule has 2 rings (SSSR count). The van der Waals surface area contributed by atoms with Gasteiger partial charge in [-0.1, -0.05) is 0 Å². The molecule has 0 aliphatic carbocycles. The largest absolute Gasteiger partial charge is 0.478 e. The minimum atomic E-state index is -4.46. The molecule has 0 unspecified atom stereocenters. The van der Waals surface area contributed by atoms with Gasteiger partial charge in [0.05, 0.1) is 11.1 Å². The van der Waals surface area contributed by atoms with Gasteiger partial charge in [-0.2, -0.15) is 13.2 Å². The molecule has 2 aromatic rings. The maximum atomic E-state index is 13.0. The summed E-state index contributed by atoms with van der Waals surface area (Å²) in [5.74, 6) is -1.04. The summed E-state index contributed by atoms with van der Waals surface area (Å²) in [5, 5.41) is 8.88. The Labute approximate surface area is 136 Å². The summed E-state index contributed by atoms with van der Waals surface area (Å²) in [5.41, 5.74) is -0.110. The third-order valence-corrected chi connectivity index (χ3v) is 3.28. The fraction of sp³-hybridized carbons (Fsp3) is 0.312. The zero-order valence-electron chi connectivity index (χ0n) is 13.3. The van der Waals surface area contributed by atoms with Crippen molar-refractivity contribution in [3.05, 3.63) is 47.3 Å². The number of alkyl halides is 3. The molecule has 1 N–H and O–H groups in total. The molecule has 0 aliphatic heterocycles. The van der Waals surface area contributed by atoms with Crippen LogP contribution in [0.3, 0.4) is 0 Å². The Morgan fingerprint density at radius 3 is 2.21 bits per heavy atom. The molecule has 24 heavy (non-hydrogen) atoms. The number of hydrogen-bond acceptors (Lipinski definition) is 4. The number of aromatic nitrogens is 2. The van der Waals surface area contributed by atoms with E-state index >= 15 is 0 Å². The Bertz CT molecular complexity index is 743. The summed E-state index contributed by atoms with van der Waals surface area (Å²) in [6.45, 7) is 5.14. The van der Waals surface area contributed by atoms with Crippen LogP contribution < -0.4 is 4.90 Å². The number of anilines is 2. The minimum Gasteiger partial charge on any atom is -0.478 e. The standard InChI is InChI=1S/C16H16F3N3O2/c1-9(2)22(15-20-7-11(8-21-15)14(23)24)13-5-10(3)4-12(6-13)16(17,18)19/h4-9H,1-3H3,(H,23,24). The van der Waals surface area contributed by atoms with Crippen LogP contribution in [0, 0.1) is 6.92 Å². The summed E-state index contributed by atoms with van der Waals surface area (Å²) in [6.07, 6.45) is -2.21. The van der Waals surface area contributed by atoms with E-state index < -0.39 is 17.7 Å². The van der Waals surface area contributed by atoms with Crippen LogP contribution in [0.5, 0.6) is 0 Å². The van der Waals surface area contributed by atoms with Crippen LogP contribution >= 0.6 is 0 Å². The van der Waals surface area contributed by atoms with Crippen molar-refractivity contribution < 1.29 is 23.1 Å². The Balaban J connectivity index is 2.52. The molecule has 8 heteroatoms. The highest BCUT2D eigenvalue weighted by Crippen LogP contribution is 2.35. The highest BCUT2D eigenvalue weighted by atomic mass is 19.4. The number of nitrogens with zero attached hydrogens (tertiary/aromatic N) is 3. The van der Waals surface area contributed by atoms with Crippen molar-refractivity contribution in [3.63, 3.8) is 0 Å². The number of rotatable bonds is 4. The first-order valence-electron chi connectivity index (χ1n) is 7.13. The van der Waals surface area contributed by atoms with Crippen LogP contribution in [0.15, 0.2) is 30.6 Å². The lowest BCUT2D eigenvalue weighted by atomic mass is 10.1. The highest BCUT2D eigenvalue weighted by Gasteiger charge is 2.32. The van der Waals surface area contributed by atoms with Crippen LogP contribution in [-0.4, -0.2) is 27.1 Å². The van der Waals surface area contributed by atoms with Crippen molar-refractivity contribution in [2.45, 2.75) is 33.0 Å². The van der Waals surface area contributed by atoms with Gasteiger partial charge < -0.3 is 10.0 Å². The van der Waals surface area contributed by atoms with Crippen LogP contribution in [0.4, 0.5) is 24.8 Å². The quantitative estimate of drug-likeness (QED) is 0.910. The maximum Gasteiger partial charge on any atom is 0.416 e. The Kier molecular flexibility index (Phi) is 4.77. The van der Waals surface area contributed by atoms with E-state index in [0.717, 1.165) is 24.5 Å². The van der Waals surface area contributed by atoms with Crippen molar-refractivity contribution in [1.82, 2.24) is 9.97 Å². The van der Waals surface area contributed by atoms with Gasteiger partial charge in [0.25, 0.3) is 0 Å². The number of benzene rings is 1. The molecule has 0 atom stereocenters. The van der Waals surface area contributed by atoms with E-state index in [1.807, 2.05) is 0 Å². The van der Waals surface area contributed by atoms with Crippen molar-refractivity contribution in [2.24, 2.45) is 0 Å². The number of hydrogen-bond donors (Lipinski definition) is 1. The smallest absolute Gasteiger partial charge is 0.416 e. The SMILES string of the molecule is Cc1cc(N(c2ncc(C(=O)O)cn2)C(C)C)cc(C(F)(F)F)c1. The Morgan fingerprint density at radius 1 is 1.17 bits per heavy atom. The normalized spacial score (nSPS) is 11.6. The zero-order chi connectivity index (χ0) is 18.1. The Morgan fingerprint density at radius 2 is 1.75 bits per heavy atom. The molecule has 0 radical (unpaired) electrons. The van der Waals surface area contributed by atoms with Crippen molar-refractivity contribution in [2.75, 3.05) is 4.90 Å².